The van der Waals surface area contributed by atoms with Crippen LogP contribution in [0.1, 0.15) is 11.3 Å². The monoisotopic (exact) mass is 382 g/mol. The van der Waals surface area contributed by atoms with Gasteiger partial charge in [-0.25, -0.2) is 4.98 Å². The van der Waals surface area contributed by atoms with E-state index >= 15 is 0 Å². The number of para-hydroxylation sites is 1. The Bertz CT molecular complexity index is 821. The summed E-state index contributed by atoms with van der Waals surface area (Å²) in [7, 11) is 2.00. The summed E-state index contributed by atoms with van der Waals surface area (Å²) >= 11 is 3.55. The second-order valence-corrected chi connectivity index (χ2v) is 6.50. The molecule has 0 spiro atoms. The second kappa shape index (κ2) is 7.45. The van der Waals surface area contributed by atoms with E-state index < -0.39 is 0 Å². The third kappa shape index (κ3) is 4.11. The molecular formula is C19H19BrN4. The molecule has 3 aromatic rings. The van der Waals surface area contributed by atoms with Crippen molar-refractivity contribution in [1.29, 1.82) is 0 Å². The maximum Gasteiger partial charge on any atom is 0.227 e. The fourth-order valence-corrected chi connectivity index (χ4v) is 2.80. The Morgan fingerprint density at radius 3 is 2.46 bits per heavy atom. The minimum atomic E-state index is 0.702. The van der Waals surface area contributed by atoms with Gasteiger partial charge in [0.15, 0.2) is 0 Å². The lowest BCUT2D eigenvalue weighted by Crippen LogP contribution is -2.19. The Balaban J connectivity index is 1.82. The molecule has 1 heterocycles. The number of aromatic nitrogens is 2. The highest BCUT2D eigenvalue weighted by atomic mass is 79.9. The molecule has 122 valence electrons. The van der Waals surface area contributed by atoms with Gasteiger partial charge >= 0.3 is 0 Å². The van der Waals surface area contributed by atoms with Crippen LogP contribution in [0.4, 0.5) is 17.5 Å². The van der Waals surface area contributed by atoms with Crippen LogP contribution >= 0.6 is 15.9 Å². The van der Waals surface area contributed by atoms with Gasteiger partial charge in [0.05, 0.1) is 5.69 Å². The van der Waals surface area contributed by atoms with E-state index in [2.05, 4.69) is 43.3 Å². The van der Waals surface area contributed by atoms with E-state index in [1.54, 1.807) is 0 Å². The molecule has 0 saturated heterocycles. The highest BCUT2D eigenvalue weighted by Gasteiger charge is 2.09. The number of halogens is 1. The van der Waals surface area contributed by atoms with Crippen LogP contribution in [0.2, 0.25) is 0 Å². The highest BCUT2D eigenvalue weighted by molar-refractivity contribution is 9.10. The molecule has 2 aromatic carbocycles. The number of nitrogens with zero attached hydrogens (tertiary/aromatic N) is 3. The molecule has 0 bridgehead atoms. The summed E-state index contributed by atoms with van der Waals surface area (Å²) in [5.41, 5.74) is 3.13. The van der Waals surface area contributed by atoms with Gasteiger partial charge in [0, 0.05) is 29.8 Å². The first kappa shape index (κ1) is 16.5. The zero-order valence-electron chi connectivity index (χ0n) is 13.7. The first-order chi connectivity index (χ1) is 11.6. The number of nitrogens with one attached hydrogen (secondary N) is 1. The number of anilines is 3. The van der Waals surface area contributed by atoms with Crippen molar-refractivity contribution in [1.82, 2.24) is 9.97 Å². The van der Waals surface area contributed by atoms with E-state index in [1.807, 2.05) is 67.4 Å². The summed E-state index contributed by atoms with van der Waals surface area (Å²) in [5, 5.41) is 3.35. The molecule has 0 unspecified atom stereocenters. The standard InChI is InChI=1S/C19H19BrN4/c1-14-12-18(22-17-11-7-6-10-16(17)20)23-19(21-14)24(2)13-15-8-4-3-5-9-15/h3-12H,13H2,1-2H3,(H,21,22,23). The molecule has 0 saturated carbocycles. The van der Waals surface area contributed by atoms with Crippen LogP contribution in [0.3, 0.4) is 0 Å². The zero-order chi connectivity index (χ0) is 16.9. The SMILES string of the molecule is Cc1cc(Nc2ccccc2Br)nc(N(C)Cc2ccccc2)n1. The van der Waals surface area contributed by atoms with Crippen molar-refractivity contribution >= 4 is 33.4 Å². The largest absolute Gasteiger partial charge is 0.339 e. The van der Waals surface area contributed by atoms with Crippen LogP contribution in [0.25, 0.3) is 0 Å². The minimum absolute atomic E-state index is 0.702. The second-order valence-electron chi connectivity index (χ2n) is 5.64. The number of hydrogen-bond donors (Lipinski definition) is 1. The summed E-state index contributed by atoms with van der Waals surface area (Å²) in [4.78, 5) is 11.3. The molecule has 0 aliphatic heterocycles. The van der Waals surface area contributed by atoms with Crippen molar-refractivity contribution in [3.05, 3.63) is 76.4 Å². The van der Waals surface area contributed by atoms with E-state index in [9.17, 15) is 0 Å². The normalized spacial score (nSPS) is 10.5. The minimum Gasteiger partial charge on any atom is -0.339 e. The molecule has 0 aliphatic rings. The molecule has 1 N–H and O–H groups in total. The van der Waals surface area contributed by atoms with Gasteiger partial charge in [-0.15, -0.1) is 0 Å². The van der Waals surface area contributed by atoms with Crippen molar-refractivity contribution < 1.29 is 0 Å². The summed E-state index contributed by atoms with van der Waals surface area (Å²) in [5.74, 6) is 1.48. The fraction of sp³-hybridized carbons (Fsp3) is 0.158. The molecule has 0 amide bonds. The number of aryl methyl sites for hydroxylation is 1. The molecule has 5 heteroatoms. The number of hydrogen-bond acceptors (Lipinski definition) is 4. The summed E-state index contributed by atoms with van der Waals surface area (Å²) < 4.78 is 1.00. The fourth-order valence-electron chi connectivity index (χ4n) is 2.42. The molecule has 0 radical (unpaired) electrons. The van der Waals surface area contributed by atoms with Crippen LogP contribution in [-0.4, -0.2) is 17.0 Å². The number of rotatable bonds is 5. The average Bonchev–Trinajstić information content (AvgIpc) is 2.57. The molecule has 1 aromatic heterocycles. The first-order valence-corrected chi connectivity index (χ1v) is 8.53. The first-order valence-electron chi connectivity index (χ1n) is 7.74. The van der Waals surface area contributed by atoms with Gasteiger partial charge in [-0.2, -0.15) is 4.98 Å². The van der Waals surface area contributed by atoms with Crippen molar-refractivity contribution in [2.75, 3.05) is 17.3 Å². The van der Waals surface area contributed by atoms with E-state index in [0.29, 0.717) is 5.95 Å². The van der Waals surface area contributed by atoms with Crippen molar-refractivity contribution in [3.63, 3.8) is 0 Å². The smallest absolute Gasteiger partial charge is 0.227 e. The van der Waals surface area contributed by atoms with Crippen LogP contribution in [0, 0.1) is 6.92 Å². The molecular weight excluding hydrogens is 364 g/mol. The highest BCUT2D eigenvalue weighted by Crippen LogP contribution is 2.25. The van der Waals surface area contributed by atoms with Gasteiger partial charge in [0.1, 0.15) is 5.82 Å². The lowest BCUT2D eigenvalue weighted by atomic mass is 10.2. The maximum absolute atomic E-state index is 4.65. The van der Waals surface area contributed by atoms with Gasteiger partial charge in [-0.05, 0) is 40.5 Å². The third-order valence-corrected chi connectivity index (χ3v) is 4.27. The Morgan fingerprint density at radius 2 is 1.71 bits per heavy atom. The van der Waals surface area contributed by atoms with E-state index in [-0.39, 0.29) is 0 Å². The quantitative estimate of drug-likeness (QED) is 0.679. The molecule has 0 fully saturated rings. The van der Waals surface area contributed by atoms with Gasteiger partial charge in [0.25, 0.3) is 0 Å². The Kier molecular flexibility index (Phi) is 5.11. The Morgan fingerprint density at radius 1 is 1.00 bits per heavy atom. The molecule has 3 rings (SSSR count). The molecule has 0 aliphatic carbocycles. The van der Waals surface area contributed by atoms with Crippen LogP contribution in [0.15, 0.2) is 65.1 Å². The van der Waals surface area contributed by atoms with Crippen LogP contribution < -0.4 is 10.2 Å². The van der Waals surface area contributed by atoms with Gasteiger partial charge in [0.2, 0.25) is 5.95 Å². The lowest BCUT2D eigenvalue weighted by Gasteiger charge is -2.19. The van der Waals surface area contributed by atoms with Crippen LogP contribution in [-0.2, 0) is 6.54 Å². The molecule has 24 heavy (non-hydrogen) atoms. The maximum atomic E-state index is 4.65. The zero-order valence-corrected chi connectivity index (χ0v) is 15.3. The predicted octanol–water partition coefficient (Wildman–Crippen LogP) is 4.93. The summed E-state index contributed by atoms with van der Waals surface area (Å²) in [6.45, 7) is 2.74. The Hall–Kier alpha value is -2.40. The van der Waals surface area contributed by atoms with E-state index in [0.717, 1.165) is 28.2 Å². The van der Waals surface area contributed by atoms with Crippen molar-refractivity contribution in [2.45, 2.75) is 13.5 Å². The topological polar surface area (TPSA) is 41.1 Å². The van der Waals surface area contributed by atoms with E-state index in [1.165, 1.54) is 5.56 Å². The molecule has 0 atom stereocenters. The van der Waals surface area contributed by atoms with Gasteiger partial charge < -0.3 is 10.2 Å². The van der Waals surface area contributed by atoms with Crippen molar-refractivity contribution in [3.8, 4) is 0 Å². The summed E-state index contributed by atoms with van der Waals surface area (Å²) in [6.07, 6.45) is 0. The third-order valence-electron chi connectivity index (χ3n) is 3.58. The number of benzene rings is 2. The van der Waals surface area contributed by atoms with Crippen LogP contribution in [0.5, 0.6) is 0 Å². The molecule has 4 nitrogen and oxygen atoms in total. The van der Waals surface area contributed by atoms with Crippen molar-refractivity contribution in [2.24, 2.45) is 0 Å². The van der Waals surface area contributed by atoms with Gasteiger partial charge in [-0.1, -0.05) is 42.5 Å². The lowest BCUT2D eigenvalue weighted by molar-refractivity contribution is 0.861. The van der Waals surface area contributed by atoms with E-state index in [4.69, 9.17) is 0 Å². The Labute approximate surface area is 150 Å². The predicted molar refractivity (Wildman–Crippen MR) is 103 cm³/mol. The average molecular weight is 383 g/mol. The van der Waals surface area contributed by atoms with Gasteiger partial charge in [-0.3, -0.25) is 0 Å². The summed E-state index contributed by atoms with van der Waals surface area (Å²) in [6, 6.07) is 20.2.